The lowest BCUT2D eigenvalue weighted by atomic mass is 9.89. The molecule has 0 nitrogen and oxygen atoms in total. The zero-order valence-corrected chi connectivity index (χ0v) is 12.5. The van der Waals surface area contributed by atoms with Crippen LogP contribution in [-0.4, -0.2) is 5.38 Å². The number of halogens is 1. The first-order chi connectivity index (χ1) is 10.3. The summed E-state index contributed by atoms with van der Waals surface area (Å²) in [5.74, 6) is 0.786. The molecule has 0 amide bonds. The van der Waals surface area contributed by atoms with Crippen LogP contribution in [0.25, 0.3) is 12.2 Å². The quantitative estimate of drug-likeness (QED) is 0.646. The Hall–Kier alpha value is -1.79. The summed E-state index contributed by atoms with van der Waals surface area (Å²) in [6.45, 7) is 0. The fourth-order valence-electron chi connectivity index (χ4n) is 3.51. The fourth-order valence-corrected chi connectivity index (χ4v) is 3.92. The van der Waals surface area contributed by atoms with Crippen molar-refractivity contribution in [2.45, 2.75) is 23.6 Å². The average molecular weight is 293 g/mol. The molecule has 104 valence electrons. The lowest BCUT2D eigenvalue weighted by Gasteiger charge is -2.21. The summed E-state index contributed by atoms with van der Waals surface area (Å²) >= 11 is 6.78. The van der Waals surface area contributed by atoms with E-state index in [4.69, 9.17) is 11.6 Å². The highest BCUT2D eigenvalue weighted by Gasteiger charge is 2.28. The highest BCUT2D eigenvalue weighted by atomic mass is 35.5. The minimum absolute atomic E-state index is 0.130. The second-order valence-corrected chi connectivity index (χ2v) is 6.42. The van der Waals surface area contributed by atoms with E-state index in [1.54, 1.807) is 0 Å². The van der Waals surface area contributed by atoms with E-state index in [-0.39, 0.29) is 5.38 Å². The first-order valence-electron chi connectivity index (χ1n) is 7.51. The van der Waals surface area contributed by atoms with Gasteiger partial charge in [0.25, 0.3) is 0 Å². The van der Waals surface area contributed by atoms with Crippen LogP contribution in [0, 0.1) is 0 Å². The average Bonchev–Trinajstić information content (AvgIpc) is 3.12. The lowest BCUT2D eigenvalue weighted by molar-refractivity contribution is 0.651. The van der Waals surface area contributed by atoms with Gasteiger partial charge in [-0.05, 0) is 28.7 Å². The smallest absolute Gasteiger partial charge is 0.0448 e. The highest BCUT2D eigenvalue weighted by Crippen LogP contribution is 2.41. The molecule has 0 heterocycles. The molecule has 0 saturated heterocycles. The molecule has 4 rings (SSSR count). The van der Waals surface area contributed by atoms with Crippen LogP contribution < -0.4 is 0 Å². The molecular weight excluding hydrogens is 276 g/mol. The molecule has 0 saturated carbocycles. The predicted octanol–water partition coefficient (Wildman–Crippen LogP) is 5.61. The number of hydrogen-bond donors (Lipinski definition) is 0. The number of hydrogen-bond acceptors (Lipinski definition) is 0. The van der Waals surface area contributed by atoms with Crippen molar-refractivity contribution in [3.8, 4) is 0 Å². The first-order valence-corrected chi connectivity index (χ1v) is 7.95. The Kier molecular flexibility index (Phi) is 3.20. The molecule has 21 heavy (non-hydrogen) atoms. The van der Waals surface area contributed by atoms with Gasteiger partial charge in [0.1, 0.15) is 0 Å². The Morgan fingerprint density at radius 1 is 0.810 bits per heavy atom. The minimum atomic E-state index is 0.130. The van der Waals surface area contributed by atoms with Gasteiger partial charge < -0.3 is 0 Å². The molecule has 2 aromatic rings. The lowest BCUT2D eigenvalue weighted by Crippen LogP contribution is -2.13. The van der Waals surface area contributed by atoms with Crippen molar-refractivity contribution < 1.29 is 0 Å². The zero-order chi connectivity index (χ0) is 14.2. The first kappa shape index (κ1) is 12.9. The van der Waals surface area contributed by atoms with Crippen LogP contribution in [0.2, 0.25) is 0 Å². The van der Waals surface area contributed by atoms with Crippen molar-refractivity contribution >= 4 is 23.8 Å². The number of allylic oxidation sites excluding steroid dienone is 2. The van der Waals surface area contributed by atoms with Crippen LogP contribution in [0.3, 0.4) is 0 Å². The maximum absolute atomic E-state index is 6.78. The summed E-state index contributed by atoms with van der Waals surface area (Å²) in [4.78, 5) is 0. The molecular formula is C20H17Cl. The van der Waals surface area contributed by atoms with E-state index < -0.39 is 0 Å². The van der Waals surface area contributed by atoms with Crippen LogP contribution in [-0.2, 0) is 0 Å². The Morgan fingerprint density at radius 3 is 2.24 bits per heavy atom. The standard InChI is InChI=1S/C20H17Cl/c21-20(19-12-11-15-6-2-4-8-18(15)19)13-16-10-9-14-5-1-3-7-17(14)16/h1-12,16,19-20H,13H2. The van der Waals surface area contributed by atoms with Gasteiger partial charge in [-0.25, -0.2) is 0 Å². The van der Waals surface area contributed by atoms with Crippen molar-refractivity contribution in [1.29, 1.82) is 0 Å². The van der Waals surface area contributed by atoms with Gasteiger partial charge in [0, 0.05) is 17.2 Å². The predicted molar refractivity (Wildman–Crippen MR) is 90.7 cm³/mol. The zero-order valence-electron chi connectivity index (χ0n) is 11.7. The molecule has 2 aromatic carbocycles. The van der Waals surface area contributed by atoms with E-state index in [9.17, 15) is 0 Å². The summed E-state index contributed by atoms with van der Waals surface area (Å²) in [5.41, 5.74) is 5.44. The van der Waals surface area contributed by atoms with Crippen LogP contribution >= 0.6 is 11.6 Å². The van der Waals surface area contributed by atoms with Gasteiger partial charge in [0.05, 0.1) is 0 Å². The topological polar surface area (TPSA) is 0 Å². The van der Waals surface area contributed by atoms with Crippen molar-refractivity contribution in [2.24, 2.45) is 0 Å². The van der Waals surface area contributed by atoms with Crippen LogP contribution in [0.4, 0.5) is 0 Å². The molecule has 2 aliphatic carbocycles. The number of fused-ring (bicyclic) bond motifs is 2. The van der Waals surface area contributed by atoms with Gasteiger partial charge in [0.2, 0.25) is 0 Å². The molecule has 0 N–H and O–H groups in total. The van der Waals surface area contributed by atoms with E-state index in [1.165, 1.54) is 22.3 Å². The van der Waals surface area contributed by atoms with E-state index in [0.29, 0.717) is 11.8 Å². The summed E-state index contributed by atoms with van der Waals surface area (Å²) in [6, 6.07) is 17.2. The summed E-state index contributed by atoms with van der Waals surface area (Å²) < 4.78 is 0. The fraction of sp³-hybridized carbons (Fsp3) is 0.200. The molecule has 0 bridgehead atoms. The summed E-state index contributed by atoms with van der Waals surface area (Å²) in [5, 5.41) is 0.130. The Bertz CT molecular complexity index is 726. The van der Waals surface area contributed by atoms with E-state index >= 15 is 0 Å². The van der Waals surface area contributed by atoms with Crippen molar-refractivity contribution in [3.63, 3.8) is 0 Å². The molecule has 2 aliphatic rings. The molecule has 0 fully saturated rings. The van der Waals surface area contributed by atoms with Crippen molar-refractivity contribution in [2.75, 3.05) is 0 Å². The Labute approximate surface area is 130 Å². The van der Waals surface area contributed by atoms with Gasteiger partial charge in [-0.1, -0.05) is 72.8 Å². The molecule has 0 aromatic heterocycles. The van der Waals surface area contributed by atoms with Gasteiger partial charge in [-0.3, -0.25) is 0 Å². The molecule has 3 atom stereocenters. The van der Waals surface area contributed by atoms with Gasteiger partial charge in [0.15, 0.2) is 0 Å². The van der Waals surface area contributed by atoms with Crippen LogP contribution in [0.15, 0.2) is 60.7 Å². The third kappa shape index (κ3) is 2.24. The minimum Gasteiger partial charge on any atom is -0.122 e. The number of alkyl halides is 1. The van der Waals surface area contributed by atoms with Gasteiger partial charge in [-0.15, -0.1) is 11.6 Å². The SMILES string of the molecule is ClC(CC1C=Cc2ccccc21)C1C=Cc2ccccc21. The largest absolute Gasteiger partial charge is 0.122 e. The maximum Gasteiger partial charge on any atom is 0.0448 e. The van der Waals surface area contributed by atoms with Gasteiger partial charge in [-0.2, -0.15) is 0 Å². The van der Waals surface area contributed by atoms with Crippen molar-refractivity contribution in [1.82, 2.24) is 0 Å². The molecule has 0 aliphatic heterocycles. The number of rotatable bonds is 3. The maximum atomic E-state index is 6.78. The molecule has 0 spiro atoms. The normalized spacial score (nSPS) is 23.1. The van der Waals surface area contributed by atoms with E-state index in [2.05, 4.69) is 72.8 Å². The Balaban J connectivity index is 1.55. The second kappa shape index (κ2) is 5.20. The van der Waals surface area contributed by atoms with Crippen molar-refractivity contribution in [3.05, 3.63) is 82.9 Å². The monoisotopic (exact) mass is 292 g/mol. The Morgan fingerprint density at radius 2 is 1.43 bits per heavy atom. The molecule has 0 radical (unpaired) electrons. The molecule has 3 unspecified atom stereocenters. The van der Waals surface area contributed by atoms with E-state index in [0.717, 1.165) is 6.42 Å². The third-order valence-electron chi connectivity index (χ3n) is 4.61. The summed E-state index contributed by atoms with van der Waals surface area (Å²) in [7, 11) is 0. The summed E-state index contributed by atoms with van der Waals surface area (Å²) in [6.07, 6.45) is 9.96. The second-order valence-electron chi connectivity index (χ2n) is 5.86. The molecule has 1 heteroatoms. The van der Waals surface area contributed by atoms with Crippen LogP contribution in [0.1, 0.15) is 40.5 Å². The highest BCUT2D eigenvalue weighted by molar-refractivity contribution is 6.21. The van der Waals surface area contributed by atoms with Crippen LogP contribution in [0.5, 0.6) is 0 Å². The van der Waals surface area contributed by atoms with E-state index in [1.807, 2.05) is 0 Å². The number of benzene rings is 2. The van der Waals surface area contributed by atoms with Gasteiger partial charge >= 0.3 is 0 Å². The third-order valence-corrected chi connectivity index (χ3v) is 5.06.